The second-order valence-corrected chi connectivity index (χ2v) is 3.52. The van der Waals surface area contributed by atoms with Gasteiger partial charge in [-0.05, 0) is 0 Å². The summed E-state index contributed by atoms with van der Waals surface area (Å²) < 4.78 is 14.8. The lowest BCUT2D eigenvalue weighted by molar-refractivity contribution is -0.297. The highest BCUT2D eigenvalue weighted by Crippen LogP contribution is 2.23. The zero-order valence-electron chi connectivity index (χ0n) is 9.07. The molecule has 1 aliphatic heterocycles. The fourth-order valence-electron chi connectivity index (χ4n) is 1.56. The van der Waals surface area contributed by atoms with Crippen LogP contribution in [0.3, 0.4) is 0 Å². The van der Waals surface area contributed by atoms with E-state index in [1.807, 2.05) is 0 Å². The summed E-state index contributed by atoms with van der Waals surface area (Å²) in [4.78, 5) is 10.8. The molecule has 0 spiro atoms. The molecule has 0 bridgehead atoms. The first kappa shape index (κ1) is 13.3. The lowest BCUT2D eigenvalue weighted by atomic mass is 9.99. The van der Waals surface area contributed by atoms with Gasteiger partial charge in [-0.3, -0.25) is 4.79 Å². The third-order valence-electron chi connectivity index (χ3n) is 2.36. The lowest BCUT2D eigenvalue weighted by Crippen LogP contribution is -2.60. The van der Waals surface area contributed by atoms with Crippen molar-refractivity contribution in [3.05, 3.63) is 0 Å². The number of methoxy groups -OCH3 is 1. The van der Waals surface area contributed by atoms with Crippen LogP contribution in [0, 0.1) is 0 Å². The second kappa shape index (κ2) is 5.55. The Morgan fingerprint density at radius 1 is 1.38 bits per heavy atom. The van der Waals surface area contributed by atoms with Gasteiger partial charge in [0.15, 0.2) is 12.4 Å². The normalized spacial score (nSPS) is 39.4. The molecular formula is C9H16O7. The van der Waals surface area contributed by atoms with Gasteiger partial charge in [0.25, 0.3) is 0 Å². The van der Waals surface area contributed by atoms with Gasteiger partial charge in [-0.25, -0.2) is 0 Å². The second-order valence-electron chi connectivity index (χ2n) is 3.52. The van der Waals surface area contributed by atoms with Crippen LogP contribution in [0.15, 0.2) is 0 Å². The maximum absolute atomic E-state index is 10.8. The Hall–Kier alpha value is -0.730. The van der Waals surface area contributed by atoms with E-state index < -0.39 is 43.3 Å². The number of esters is 1. The molecule has 16 heavy (non-hydrogen) atoms. The summed E-state index contributed by atoms with van der Waals surface area (Å²) >= 11 is 0. The molecule has 3 N–H and O–H groups in total. The average molecular weight is 236 g/mol. The van der Waals surface area contributed by atoms with E-state index in [4.69, 9.17) is 19.3 Å². The highest BCUT2D eigenvalue weighted by molar-refractivity contribution is 5.66. The molecule has 1 heterocycles. The number of carbonyl (C=O) groups is 1. The summed E-state index contributed by atoms with van der Waals surface area (Å²) in [6.07, 6.45) is -5.79. The number of carbonyl (C=O) groups excluding carboxylic acids is 1. The molecule has 0 aliphatic carbocycles. The summed E-state index contributed by atoms with van der Waals surface area (Å²) in [5, 5.41) is 28.1. The Bertz CT molecular complexity index is 242. The fourth-order valence-corrected chi connectivity index (χ4v) is 1.56. The summed E-state index contributed by atoms with van der Waals surface area (Å²) in [7, 11) is 1.31. The van der Waals surface area contributed by atoms with Crippen molar-refractivity contribution in [1.82, 2.24) is 0 Å². The van der Waals surface area contributed by atoms with Gasteiger partial charge in [0.2, 0.25) is 0 Å². The van der Waals surface area contributed by atoms with Crippen molar-refractivity contribution in [3.63, 3.8) is 0 Å². The molecule has 0 amide bonds. The Labute approximate surface area is 92.5 Å². The highest BCUT2D eigenvalue weighted by Gasteiger charge is 2.46. The minimum absolute atomic E-state index is 0.467. The maximum Gasteiger partial charge on any atom is 0.303 e. The van der Waals surface area contributed by atoms with E-state index in [2.05, 4.69) is 0 Å². The summed E-state index contributed by atoms with van der Waals surface area (Å²) in [6.45, 7) is 0.703. The maximum atomic E-state index is 10.8. The van der Waals surface area contributed by atoms with Crippen molar-refractivity contribution in [3.8, 4) is 0 Å². The predicted octanol–water partition coefficient (Wildman–Crippen LogP) is -2.00. The number of ether oxygens (including phenoxy) is 3. The van der Waals surface area contributed by atoms with Crippen LogP contribution >= 0.6 is 0 Å². The third kappa shape index (κ3) is 2.69. The molecule has 1 fully saturated rings. The summed E-state index contributed by atoms with van der Waals surface area (Å²) in [5.74, 6) is -0.621. The Kier molecular flexibility index (Phi) is 4.63. The third-order valence-corrected chi connectivity index (χ3v) is 2.36. The van der Waals surface area contributed by atoms with E-state index in [1.54, 1.807) is 0 Å². The van der Waals surface area contributed by atoms with Gasteiger partial charge in [-0.2, -0.15) is 0 Å². The molecule has 0 saturated carbocycles. The SMILES string of the molecule is CO[C@@H]1O[C@H](CO)[C@H](O)[C@H](O)[C@H]1OC(C)=O. The minimum atomic E-state index is -1.36. The highest BCUT2D eigenvalue weighted by atomic mass is 16.7. The van der Waals surface area contributed by atoms with Crippen molar-refractivity contribution < 1.29 is 34.3 Å². The smallest absolute Gasteiger partial charge is 0.303 e. The molecule has 0 aromatic rings. The zero-order chi connectivity index (χ0) is 12.3. The fraction of sp³-hybridized carbons (Fsp3) is 0.889. The Balaban J connectivity index is 2.77. The van der Waals surface area contributed by atoms with Crippen LogP contribution in [0.2, 0.25) is 0 Å². The zero-order valence-corrected chi connectivity index (χ0v) is 9.07. The predicted molar refractivity (Wildman–Crippen MR) is 50.3 cm³/mol. The number of rotatable bonds is 3. The van der Waals surface area contributed by atoms with Gasteiger partial charge in [-0.1, -0.05) is 0 Å². The minimum Gasteiger partial charge on any atom is -0.454 e. The molecule has 5 atom stereocenters. The Morgan fingerprint density at radius 3 is 2.44 bits per heavy atom. The molecule has 1 aliphatic rings. The summed E-state index contributed by atoms with van der Waals surface area (Å²) in [5.41, 5.74) is 0. The van der Waals surface area contributed by atoms with E-state index in [-0.39, 0.29) is 0 Å². The topological polar surface area (TPSA) is 105 Å². The first-order valence-corrected chi connectivity index (χ1v) is 4.83. The summed E-state index contributed by atoms with van der Waals surface area (Å²) in [6, 6.07) is 0. The first-order valence-electron chi connectivity index (χ1n) is 4.83. The van der Waals surface area contributed by atoms with Gasteiger partial charge in [-0.15, -0.1) is 0 Å². The van der Waals surface area contributed by atoms with E-state index in [0.717, 1.165) is 0 Å². The van der Waals surface area contributed by atoms with Gasteiger partial charge >= 0.3 is 5.97 Å². The molecule has 0 aromatic carbocycles. The van der Waals surface area contributed by atoms with Crippen molar-refractivity contribution in [1.29, 1.82) is 0 Å². The molecule has 0 radical (unpaired) electrons. The molecule has 1 rings (SSSR count). The standard InChI is InChI=1S/C9H16O7/c1-4(11)15-8-7(13)6(12)5(3-10)16-9(8)14-2/h5-10,12-13H,3H2,1-2H3/t5-,6+,7+,8-,9-/m1/s1. The molecule has 7 nitrogen and oxygen atoms in total. The van der Waals surface area contributed by atoms with Crippen LogP contribution in [0.5, 0.6) is 0 Å². The van der Waals surface area contributed by atoms with Gasteiger partial charge < -0.3 is 29.5 Å². The molecule has 1 saturated heterocycles. The monoisotopic (exact) mass is 236 g/mol. The average Bonchev–Trinajstić information content (AvgIpc) is 2.25. The van der Waals surface area contributed by atoms with Crippen LogP contribution in [0.25, 0.3) is 0 Å². The van der Waals surface area contributed by atoms with Crippen molar-refractivity contribution in [2.75, 3.05) is 13.7 Å². The lowest BCUT2D eigenvalue weighted by Gasteiger charge is -2.40. The molecule has 94 valence electrons. The molecule has 0 aromatic heterocycles. The van der Waals surface area contributed by atoms with Crippen LogP contribution in [0.1, 0.15) is 6.92 Å². The van der Waals surface area contributed by atoms with Crippen LogP contribution in [0.4, 0.5) is 0 Å². The first-order chi connectivity index (χ1) is 7.51. The van der Waals surface area contributed by atoms with Crippen molar-refractivity contribution in [2.24, 2.45) is 0 Å². The number of aliphatic hydroxyl groups is 3. The quantitative estimate of drug-likeness (QED) is 0.487. The van der Waals surface area contributed by atoms with Gasteiger partial charge in [0, 0.05) is 14.0 Å². The van der Waals surface area contributed by atoms with Crippen molar-refractivity contribution in [2.45, 2.75) is 37.6 Å². The molecular weight excluding hydrogens is 220 g/mol. The molecule has 0 unspecified atom stereocenters. The van der Waals surface area contributed by atoms with Crippen LogP contribution in [-0.4, -0.2) is 65.7 Å². The number of aliphatic hydroxyl groups excluding tert-OH is 3. The number of hydrogen-bond acceptors (Lipinski definition) is 7. The molecule has 7 heteroatoms. The van der Waals surface area contributed by atoms with Crippen LogP contribution in [-0.2, 0) is 19.0 Å². The number of hydrogen-bond donors (Lipinski definition) is 3. The van der Waals surface area contributed by atoms with E-state index >= 15 is 0 Å². The van der Waals surface area contributed by atoms with Crippen molar-refractivity contribution >= 4 is 5.97 Å². The van der Waals surface area contributed by atoms with Crippen LogP contribution < -0.4 is 0 Å². The Morgan fingerprint density at radius 2 is 2.00 bits per heavy atom. The van der Waals surface area contributed by atoms with E-state index in [9.17, 15) is 15.0 Å². The van der Waals surface area contributed by atoms with Gasteiger partial charge in [0.1, 0.15) is 18.3 Å². The van der Waals surface area contributed by atoms with E-state index in [0.29, 0.717) is 0 Å². The van der Waals surface area contributed by atoms with Gasteiger partial charge in [0.05, 0.1) is 6.61 Å². The largest absolute Gasteiger partial charge is 0.454 e. The van der Waals surface area contributed by atoms with E-state index in [1.165, 1.54) is 14.0 Å².